The van der Waals surface area contributed by atoms with E-state index in [9.17, 15) is 4.79 Å². The van der Waals surface area contributed by atoms with Crippen LogP contribution in [0.1, 0.15) is 49.0 Å². The number of carbonyl (C=O) groups excluding carboxylic acids is 1. The third kappa shape index (κ3) is 4.96. The van der Waals surface area contributed by atoms with Gasteiger partial charge in [-0.1, -0.05) is 23.8 Å². The molecular formula is C20H31ClN2O2. The molecule has 0 aromatic heterocycles. The van der Waals surface area contributed by atoms with Crippen LogP contribution in [0.3, 0.4) is 0 Å². The lowest BCUT2D eigenvalue weighted by Gasteiger charge is -2.39. The molecule has 2 aliphatic rings. The van der Waals surface area contributed by atoms with Crippen molar-refractivity contribution in [3.8, 4) is 0 Å². The molecule has 0 radical (unpaired) electrons. The van der Waals surface area contributed by atoms with Crippen molar-refractivity contribution >= 4 is 18.3 Å². The van der Waals surface area contributed by atoms with Gasteiger partial charge in [0.2, 0.25) is 5.91 Å². The van der Waals surface area contributed by atoms with Crippen LogP contribution >= 0.6 is 12.4 Å². The summed E-state index contributed by atoms with van der Waals surface area (Å²) in [6.07, 6.45) is 2.87. The maximum absolute atomic E-state index is 12.7. The van der Waals surface area contributed by atoms with Crippen LogP contribution in [0, 0.1) is 19.8 Å². The van der Waals surface area contributed by atoms with Crippen molar-refractivity contribution < 1.29 is 9.53 Å². The molecule has 3 atom stereocenters. The second-order valence-electron chi connectivity index (χ2n) is 7.47. The highest BCUT2D eigenvalue weighted by Crippen LogP contribution is 2.29. The second-order valence-corrected chi connectivity index (χ2v) is 7.47. The molecule has 2 fully saturated rings. The van der Waals surface area contributed by atoms with Gasteiger partial charge in [-0.3, -0.25) is 4.79 Å². The number of carbonyl (C=O) groups is 1. The van der Waals surface area contributed by atoms with E-state index >= 15 is 0 Å². The summed E-state index contributed by atoms with van der Waals surface area (Å²) >= 11 is 0. The first kappa shape index (κ1) is 20.2. The maximum Gasteiger partial charge on any atom is 0.222 e. The van der Waals surface area contributed by atoms with Crippen molar-refractivity contribution in [3.63, 3.8) is 0 Å². The fourth-order valence-electron chi connectivity index (χ4n) is 3.83. The monoisotopic (exact) mass is 366 g/mol. The lowest BCUT2D eigenvalue weighted by Crippen LogP contribution is -2.48. The Balaban J connectivity index is 0.00000225. The molecule has 140 valence electrons. The Hall–Kier alpha value is -1.10. The fourth-order valence-corrected chi connectivity index (χ4v) is 3.83. The normalized spacial score (nSPS) is 26.4. The number of hydrogen-bond donors (Lipinski definition) is 1. The van der Waals surface area contributed by atoms with Gasteiger partial charge >= 0.3 is 0 Å². The molecule has 0 bridgehead atoms. The molecule has 2 saturated heterocycles. The molecule has 1 aromatic carbocycles. The molecule has 2 aliphatic heterocycles. The molecule has 25 heavy (non-hydrogen) atoms. The second kappa shape index (κ2) is 9.02. The maximum atomic E-state index is 12.7. The lowest BCUT2D eigenvalue weighted by molar-refractivity contribution is -0.144. The quantitative estimate of drug-likeness (QED) is 0.887. The summed E-state index contributed by atoms with van der Waals surface area (Å²) in [7, 11) is 0. The van der Waals surface area contributed by atoms with E-state index in [2.05, 4.69) is 44.3 Å². The highest BCUT2D eigenvalue weighted by molar-refractivity contribution is 5.85. The number of benzene rings is 1. The SMILES string of the molecule is Cc1ccc(C)c(C2CN(C(=O)CCC3CCNC3)C(C)CO2)c1.Cl. The summed E-state index contributed by atoms with van der Waals surface area (Å²) < 4.78 is 6.07. The number of morpholine rings is 1. The van der Waals surface area contributed by atoms with Crippen molar-refractivity contribution in [3.05, 3.63) is 34.9 Å². The molecule has 2 heterocycles. The molecule has 4 nitrogen and oxygen atoms in total. The van der Waals surface area contributed by atoms with Crippen LogP contribution < -0.4 is 5.32 Å². The van der Waals surface area contributed by atoms with Gasteiger partial charge < -0.3 is 15.0 Å². The standard InChI is InChI=1S/C20H30N2O2.ClH/c1-14-4-5-15(2)18(10-14)19-12-22(16(3)13-24-19)20(23)7-6-17-8-9-21-11-17;/h4-5,10,16-17,19,21H,6-9,11-13H2,1-3H3;1H. The van der Waals surface area contributed by atoms with Gasteiger partial charge in [-0.05, 0) is 63.7 Å². The Morgan fingerprint density at radius 2 is 2.16 bits per heavy atom. The Morgan fingerprint density at radius 3 is 2.88 bits per heavy atom. The first-order valence-electron chi connectivity index (χ1n) is 9.23. The molecule has 1 aromatic rings. The average molecular weight is 367 g/mol. The van der Waals surface area contributed by atoms with Gasteiger partial charge in [0.15, 0.2) is 0 Å². The number of amides is 1. The van der Waals surface area contributed by atoms with E-state index < -0.39 is 0 Å². The zero-order chi connectivity index (χ0) is 17.1. The topological polar surface area (TPSA) is 41.6 Å². The number of hydrogen-bond acceptors (Lipinski definition) is 3. The number of nitrogens with zero attached hydrogens (tertiary/aromatic N) is 1. The smallest absolute Gasteiger partial charge is 0.222 e. The van der Waals surface area contributed by atoms with Gasteiger partial charge in [0.25, 0.3) is 0 Å². The van der Waals surface area contributed by atoms with Crippen LogP contribution in [-0.4, -0.2) is 43.1 Å². The van der Waals surface area contributed by atoms with Crippen LogP contribution in [-0.2, 0) is 9.53 Å². The summed E-state index contributed by atoms with van der Waals surface area (Å²) in [5.41, 5.74) is 3.70. The summed E-state index contributed by atoms with van der Waals surface area (Å²) in [5, 5.41) is 3.38. The van der Waals surface area contributed by atoms with E-state index in [1.807, 2.05) is 4.90 Å². The van der Waals surface area contributed by atoms with Gasteiger partial charge in [-0.2, -0.15) is 0 Å². The molecule has 5 heteroatoms. The van der Waals surface area contributed by atoms with E-state index in [0.29, 0.717) is 25.5 Å². The van der Waals surface area contributed by atoms with Crippen LogP contribution in [0.25, 0.3) is 0 Å². The number of halogens is 1. The summed E-state index contributed by atoms with van der Waals surface area (Å²) in [6, 6.07) is 6.64. The van der Waals surface area contributed by atoms with E-state index in [-0.39, 0.29) is 30.5 Å². The van der Waals surface area contributed by atoms with Gasteiger partial charge in [-0.25, -0.2) is 0 Å². The van der Waals surface area contributed by atoms with Gasteiger partial charge in [0.1, 0.15) is 6.10 Å². The molecule has 0 spiro atoms. The fraction of sp³-hybridized carbons (Fsp3) is 0.650. The van der Waals surface area contributed by atoms with Crippen LogP contribution in [0.2, 0.25) is 0 Å². The first-order valence-corrected chi connectivity index (χ1v) is 9.23. The van der Waals surface area contributed by atoms with Crippen LogP contribution in [0.5, 0.6) is 0 Å². The molecular weight excluding hydrogens is 336 g/mol. The summed E-state index contributed by atoms with van der Waals surface area (Å²) in [5.74, 6) is 0.952. The van der Waals surface area contributed by atoms with E-state index in [4.69, 9.17) is 4.74 Å². The van der Waals surface area contributed by atoms with E-state index in [1.165, 1.54) is 23.1 Å². The number of aryl methyl sites for hydroxylation is 2. The number of rotatable bonds is 4. The number of ether oxygens (including phenoxy) is 1. The van der Waals surface area contributed by atoms with Crippen LogP contribution in [0.15, 0.2) is 18.2 Å². The predicted octanol–water partition coefficient (Wildman–Crippen LogP) is 3.40. The Labute approximate surface area is 157 Å². The Morgan fingerprint density at radius 1 is 1.36 bits per heavy atom. The van der Waals surface area contributed by atoms with E-state index in [1.54, 1.807) is 0 Å². The molecule has 3 unspecified atom stereocenters. The third-order valence-electron chi connectivity index (χ3n) is 5.46. The predicted molar refractivity (Wildman–Crippen MR) is 103 cm³/mol. The minimum atomic E-state index is -0.00167. The van der Waals surface area contributed by atoms with Gasteiger partial charge in [0.05, 0.1) is 19.2 Å². The lowest BCUT2D eigenvalue weighted by atomic mass is 9.98. The first-order chi connectivity index (χ1) is 11.5. The summed E-state index contributed by atoms with van der Waals surface area (Å²) in [6.45, 7) is 9.78. The van der Waals surface area contributed by atoms with Crippen molar-refractivity contribution in [2.75, 3.05) is 26.2 Å². The third-order valence-corrected chi connectivity index (χ3v) is 5.46. The van der Waals surface area contributed by atoms with Crippen molar-refractivity contribution in [1.29, 1.82) is 0 Å². The zero-order valence-corrected chi connectivity index (χ0v) is 16.4. The van der Waals surface area contributed by atoms with Crippen molar-refractivity contribution in [2.45, 2.75) is 52.2 Å². The van der Waals surface area contributed by atoms with Crippen molar-refractivity contribution in [1.82, 2.24) is 10.2 Å². The largest absolute Gasteiger partial charge is 0.370 e. The molecule has 1 N–H and O–H groups in total. The molecule has 0 saturated carbocycles. The average Bonchev–Trinajstić information content (AvgIpc) is 3.09. The Bertz CT molecular complexity index is 587. The minimum absolute atomic E-state index is 0. The van der Waals surface area contributed by atoms with Crippen molar-refractivity contribution in [2.24, 2.45) is 5.92 Å². The Kier molecular flexibility index (Phi) is 7.29. The van der Waals surface area contributed by atoms with Gasteiger partial charge in [0, 0.05) is 6.42 Å². The number of nitrogens with one attached hydrogen (secondary N) is 1. The molecule has 0 aliphatic carbocycles. The minimum Gasteiger partial charge on any atom is -0.370 e. The highest BCUT2D eigenvalue weighted by Gasteiger charge is 2.31. The summed E-state index contributed by atoms with van der Waals surface area (Å²) in [4.78, 5) is 14.8. The van der Waals surface area contributed by atoms with E-state index in [0.717, 1.165) is 19.5 Å². The van der Waals surface area contributed by atoms with Crippen LogP contribution in [0.4, 0.5) is 0 Å². The highest BCUT2D eigenvalue weighted by atomic mass is 35.5. The molecule has 1 amide bonds. The zero-order valence-electron chi connectivity index (χ0n) is 15.6. The van der Waals surface area contributed by atoms with Gasteiger partial charge in [-0.15, -0.1) is 12.4 Å². The molecule has 3 rings (SSSR count).